The minimum atomic E-state index is -0.342. The predicted octanol–water partition coefficient (Wildman–Crippen LogP) is 3.23. The van der Waals surface area contributed by atoms with Gasteiger partial charge in [0.15, 0.2) is 0 Å². The topological polar surface area (TPSA) is 29.1 Å². The maximum absolute atomic E-state index is 11.6. The lowest BCUT2D eigenvalue weighted by atomic mass is 9.95. The summed E-state index contributed by atoms with van der Waals surface area (Å²) in [5, 5.41) is 2.87. The Bertz CT molecular complexity index is 324. The lowest BCUT2D eigenvalue weighted by molar-refractivity contribution is -0.123. The van der Waals surface area contributed by atoms with Crippen LogP contribution >= 0.6 is 0 Å². The Morgan fingerprint density at radius 2 is 1.71 bits per heavy atom. The van der Waals surface area contributed by atoms with Gasteiger partial charge in [0.05, 0.1) is 0 Å². The van der Waals surface area contributed by atoms with Crippen LogP contribution in [0, 0.1) is 12.3 Å². The molecule has 2 nitrogen and oxygen atoms in total. The van der Waals surface area contributed by atoms with Crippen LogP contribution in [-0.2, 0) is 4.79 Å². The molecule has 0 aromatic heterocycles. The van der Waals surface area contributed by atoms with Crippen molar-refractivity contribution in [3.63, 3.8) is 0 Å². The van der Waals surface area contributed by atoms with Gasteiger partial charge < -0.3 is 5.32 Å². The number of benzene rings is 1. The zero-order chi connectivity index (χ0) is 10.8. The van der Waals surface area contributed by atoms with Gasteiger partial charge in [-0.05, 0) is 19.1 Å². The van der Waals surface area contributed by atoms with Crippen molar-refractivity contribution < 1.29 is 6.22 Å². The van der Waals surface area contributed by atoms with E-state index >= 15 is 0 Å². The smallest absolute Gasteiger partial charge is 0.229 e. The number of aryl methyl sites for hydroxylation is 1. The molecule has 0 atom stereocenters. The van der Waals surface area contributed by atoms with Gasteiger partial charge >= 0.3 is 0 Å². The second-order valence-corrected chi connectivity index (χ2v) is 4.57. The molecule has 1 rings (SSSR count). The largest absolute Gasteiger partial charge is 0.326 e. The average molecular weight is 195 g/mol. The highest BCUT2D eigenvalue weighted by Crippen LogP contribution is 2.17. The van der Waals surface area contributed by atoms with Gasteiger partial charge in [0.1, 0.15) is 0 Å². The molecule has 0 aliphatic rings. The Morgan fingerprint density at radius 1 is 1.21 bits per heavy atom. The number of amides is 1. The molecule has 1 amide bonds. The van der Waals surface area contributed by atoms with E-state index in [0.717, 1.165) is 5.69 Å². The highest BCUT2D eigenvalue weighted by molar-refractivity contribution is 5.94. The maximum atomic E-state index is 11.6. The lowest BCUT2D eigenvalue weighted by Crippen LogP contribution is -2.27. The van der Waals surface area contributed by atoms with E-state index in [1.54, 1.807) is 0 Å². The second kappa shape index (κ2) is 3.82. The summed E-state index contributed by atoms with van der Waals surface area (Å²) in [6, 6.07) is 7.80. The van der Waals surface area contributed by atoms with Gasteiger partial charge in [0.2, 0.25) is 5.91 Å². The first kappa shape index (κ1) is 10.8. The highest BCUT2D eigenvalue weighted by atomic mass is 16.2. The van der Waals surface area contributed by atoms with Gasteiger partial charge in [-0.3, -0.25) is 4.79 Å². The molecule has 0 bridgehead atoms. The molecule has 0 saturated carbocycles. The summed E-state index contributed by atoms with van der Waals surface area (Å²) in [7, 11) is 0. The fourth-order valence-corrected chi connectivity index (χ4v) is 0.955. The number of hydrogen-bond acceptors (Lipinski definition) is 1. The monoisotopic (exact) mass is 195 g/mol. The van der Waals surface area contributed by atoms with Crippen molar-refractivity contribution in [2.75, 3.05) is 5.32 Å². The van der Waals surface area contributed by atoms with Crippen molar-refractivity contribution in [2.45, 2.75) is 27.7 Å². The first-order valence-corrected chi connectivity index (χ1v) is 4.78. The number of anilines is 1. The Kier molecular flexibility index (Phi) is 2.94. The number of hydrogen-bond donors (Lipinski definition) is 1. The summed E-state index contributed by atoms with van der Waals surface area (Å²) in [4.78, 5) is 11.6. The molecule has 0 heterocycles. The van der Waals surface area contributed by atoms with Crippen LogP contribution in [0.3, 0.4) is 0 Å². The number of carbonyl (C=O) groups is 1. The molecule has 78 valence electrons. The third-order valence-electron chi connectivity index (χ3n) is 1.99. The molecule has 1 N–H and O–H groups in total. The van der Waals surface area contributed by atoms with Gasteiger partial charge in [0.25, 0.3) is 0 Å². The van der Waals surface area contributed by atoms with E-state index in [2.05, 4.69) is 5.32 Å². The zero-order valence-electron chi connectivity index (χ0n) is 9.22. The molecule has 1 aromatic rings. The Morgan fingerprint density at radius 3 is 2.14 bits per heavy atom. The van der Waals surface area contributed by atoms with Crippen molar-refractivity contribution in [3.05, 3.63) is 29.8 Å². The van der Waals surface area contributed by atoms with Gasteiger partial charge in [-0.25, -0.2) is 0 Å². The molecule has 1 aromatic carbocycles. The van der Waals surface area contributed by atoms with E-state index < -0.39 is 0 Å². The molecular formula is C12H19NO. The minimum absolute atomic E-state index is 0. The molecule has 0 fully saturated rings. The summed E-state index contributed by atoms with van der Waals surface area (Å²) in [6.45, 7) is 7.72. The van der Waals surface area contributed by atoms with Crippen molar-refractivity contribution in [3.8, 4) is 0 Å². The number of nitrogens with one attached hydrogen (secondary N) is 1. The number of carbonyl (C=O) groups excluding carboxylic acids is 1. The van der Waals surface area contributed by atoms with Crippen LogP contribution < -0.4 is 5.32 Å². The van der Waals surface area contributed by atoms with Crippen molar-refractivity contribution in [1.82, 2.24) is 0 Å². The molecule has 0 aliphatic heterocycles. The summed E-state index contributed by atoms with van der Waals surface area (Å²) in [6.07, 6.45) is 0. The van der Waals surface area contributed by atoms with Crippen LogP contribution in [0.2, 0.25) is 0 Å². The van der Waals surface area contributed by atoms with Crippen LogP contribution in [0.4, 0.5) is 5.69 Å². The quantitative estimate of drug-likeness (QED) is 0.732. The van der Waals surface area contributed by atoms with Crippen LogP contribution in [0.15, 0.2) is 24.3 Å². The molecule has 0 radical (unpaired) electrons. The van der Waals surface area contributed by atoms with Gasteiger partial charge in [-0.15, -0.1) is 0 Å². The second-order valence-electron chi connectivity index (χ2n) is 4.57. The van der Waals surface area contributed by atoms with E-state index in [9.17, 15) is 4.79 Å². The third kappa shape index (κ3) is 2.87. The summed E-state index contributed by atoms with van der Waals surface area (Å²) in [5.74, 6) is 0.0429. The van der Waals surface area contributed by atoms with Crippen molar-refractivity contribution in [2.24, 2.45) is 5.41 Å². The Labute approximate surface area is 86.8 Å². The van der Waals surface area contributed by atoms with Gasteiger partial charge in [-0.2, -0.15) is 0 Å². The van der Waals surface area contributed by atoms with Gasteiger partial charge in [-0.1, -0.05) is 38.5 Å². The molecule has 2 heteroatoms. The third-order valence-corrected chi connectivity index (χ3v) is 1.99. The van der Waals surface area contributed by atoms with Crippen molar-refractivity contribution >= 4 is 11.6 Å². The highest BCUT2D eigenvalue weighted by Gasteiger charge is 2.20. The molecule has 0 aliphatic carbocycles. The Balaban J connectivity index is 0.00000196. The van der Waals surface area contributed by atoms with E-state index in [1.165, 1.54) is 5.56 Å². The first-order chi connectivity index (χ1) is 6.39. The number of rotatable bonds is 1. The van der Waals surface area contributed by atoms with Crippen LogP contribution in [0.25, 0.3) is 0 Å². The SMILES string of the molecule is Cc1ccc(NC(=O)C(C)(C)C)cc1.[3HH]. The Hall–Kier alpha value is -1.31. The molecular weight excluding hydrogens is 174 g/mol. The maximum Gasteiger partial charge on any atom is 0.229 e. The fourth-order valence-electron chi connectivity index (χ4n) is 0.955. The van der Waals surface area contributed by atoms with Crippen LogP contribution in [0.1, 0.15) is 27.8 Å². The molecule has 0 saturated heterocycles. The van der Waals surface area contributed by atoms with Crippen LogP contribution in [-0.4, -0.2) is 5.91 Å². The van der Waals surface area contributed by atoms with E-state index in [1.807, 2.05) is 52.0 Å². The van der Waals surface area contributed by atoms with Gasteiger partial charge in [0, 0.05) is 12.5 Å². The van der Waals surface area contributed by atoms with Crippen molar-refractivity contribution in [1.29, 1.82) is 0 Å². The predicted molar refractivity (Wildman–Crippen MR) is 61.4 cm³/mol. The van der Waals surface area contributed by atoms with E-state index in [4.69, 9.17) is 0 Å². The van der Waals surface area contributed by atoms with Crippen LogP contribution in [0.5, 0.6) is 0 Å². The summed E-state index contributed by atoms with van der Waals surface area (Å²) >= 11 is 0. The lowest BCUT2D eigenvalue weighted by Gasteiger charge is -2.17. The minimum Gasteiger partial charge on any atom is -0.326 e. The standard InChI is InChI=1S/C12H17NO.H2/c1-9-5-7-10(8-6-9)13-11(14)12(2,3)4;/h5-8H,1-4H3,(H,13,14);1H/i;1+2. The molecule has 0 unspecified atom stereocenters. The first-order valence-electron chi connectivity index (χ1n) is 4.78. The summed E-state index contributed by atoms with van der Waals surface area (Å²) in [5.41, 5.74) is 1.71. The van der Waals surface area contributed by atoms with E-state index in [0.29, 0.717) is 0 Å². The molecule has 0 spiro atoms. The normalized spacial score (nSPS) is 11.1. The summed E-state index contributed by atoms with van der Waals surface area (Å²) < 4.78 is 0. The average Bonchev–Trinajstić information content (AvgIpc) is 2.07. The zero-order valence-corrected chi connectivity index (χ0v) is 9.22. The van der Waals surface area contributed by atoms with E-state index in [-0.39, 0.29) is 12.7 Å². The fraction of sp³-hybridized carbons (Fsp3) is 0.417. The molecule has 14 heavy (non-hydrogen) atoms.